The van der Waals surface area contributed by atoms with Crippen molar-refractivity contribution < 1.29 is 9.47 Å². The van der Waals surface area contributed by atoms with Crippen LogP contribution in [0.5, 0.6) is 0 Å². The quantitative estimate of drug-likeness (QED) is 0.681. The maximum absolute atomic E-state index is 6.07. The molecule has 1 saturated carbocycles. The van der Waals surface area contributed by atoms with Crippen LogP contribution in [0.25, 0.3) is 0 Å². The van der Waals surface area contributed by atoms with Gasteiger partial charge in [-0.15, -0.1) is 0 Å². The fourth-order valence-corrected chi connectivity index (χ4v) is 3.30. The van der Waals surface area contributed by atoms with Crippen molar-refractivity contribution in [2.45, 2.75) is 37.8 Å². The molecule has 2 aliphatic rings. The Labute approximate surface area is 127 Å². The van der Waals surface area contributed by atoms with E-state index in [-0.39, 0.29) is 0 Å². The first-order chi connectivity index (χ1) is 10.3. The first-order valence-electron chi connectivity index (χ1n) is 8.08. The van der Waals surface area contributed by atoms with Crippen LogP contribution in [0.4, 0.5) is 0 Å². The summed E-state index contributed by atoms with van der Waals surface area (Å²) in [5.74, 6) is 0.930. The van der Waals surface area contributed by atoms with Crippen molar-refractivity contribution in [3.63, 3.8) is 0 Å². The van der Waals surface area contributed by atoms with E-state index in [9.17, 15) is 0 Å². The molecule has 1 aromatic rings. The minimum Gasteiger partial charge on any atom is -0.382 e. The van der Waals surface area contributed by atoms with Gasteiger partial charge in [0.2, 0.25) is 0 Å². The second-order valence-electron chi connectivity index (χ2n) is 6.42. The Morgan fingerprint density at radius 3 is 2.81 bits per heavy atom. The lowest BCUT2D eigenvalue weighted by molar-refractivity contribution is -0.000864. The molecule has 21 heavy (non-hydrogen) atoms. The summed E-state index contributed by atoms with van der Waals surface area (Å²) >= 11 is 0. The number of likely N-dealkylation sites (tertiary alicyclic amines) is 1. The lowest BCUT2D eigenvalue weighted by Crippen LogP contribution is -2.39. The highest BCUT2D eigenvalue weighted by molar-refractivity contribution is 5.09. The van der Waals surface area contributed by atoms with Crippen molar-refractivity contribution >= 4 is 0 Å². The molecule has 0 N–H and O–H groups in total. The summed E-state index contributed by atoms with van der Waals surface area (Å²) < 4.78 is 13.1. The zero-order valence-electron chi connectivity index (χ0n) is 13.2. The molecule has 5 heteroatoms. The van der Waals surface area contributed by atoms with Gasteiger partial charge in [-0.3, -0.25) is 9.58 Å². The molecule has 5 nitrogen and oxygen atoms in total. The Morgan fingerprint density at radius 2 is 2.14 bits per heavy atom. The Hall–Kier alpha value is -0.910. The van der Waals surface area contributed by atoms with Gasteiger partial charge in [-0.25, -0.2) is 0 Å². The Morgan fingerprint density at radius 1 is 1.29 bits per heavy atom. The van der Waals surface area contributed by atoms with Crippen molar-refractivity contribution in [1.29, 1.82) is 0 Å². The lowest BCUT2D eigenvalue weighted by atomic mass is 10.0. The Kier molecular flexibility index (Phi) is 4.93. The molecule has 118 valence electrons. The monoisotopic (exact) mass is 293 g/mol. The summed E-state index contributed by atoms with van der Waals surface area (Å²) in [7, 11) is 3.71. The maximum Gasteiger partial charge on any atom is 0.0746 e. The fraction of sp³-hybridized carbons (Fsp3) is 0.812. The molecular formula is C16H27N3O2. The summed E-state index contributed by atoms with van der Waals surface area (Å²) in [6, 6.07) is 0.492. The van der Waals surface area contributed by atoms with Gasteiger partial charge in [0.25, 0.3) is 0 Å². The van der Waals surface area contributed by atoms with E-state index in [0.29, 0.717) is 25.4 Å². The van der Waals surface area contributed by atoms with Crippen molar-refractivity contribution in [1.82, 2.24) is 14.7 Å². The predicted octanol–water partition coefficient (Wildman–Crippen LogP) is 1.48. The third-order valence-corrected chi connectivity index (χ3v) is 4.61. The number of ether oxygens (including phenoxy) is 2. The summed E-state index contributed by atoms with van der Waals surface area (Å²) in [5, 5.41) is 4.29. The third-order valence-electron chi connectivity index (χ3n) is 4.61. The van der Waals surface area contributed by atoms with E-state index in [4.69, 9.17) is 9.47 Å². The molecule has 0 radical (unpaired) electrons. The SMILES string of the molecule is COCCO[C@@H]1CCN(CC2CC2)[C@@H]1Cc1cnn(C)c1. The zero-order chi connectivity index (χ0) is 14.7. The number of rotatable bonds is 8. The highest BCUT2D eigenvalue weighted by Gasteiger charge is 2.37. The van der Waals surface area contributed by atoms with Crippen LogP contribution in [-0.4, -0.2) is 60.2 Å². The number of hydrogen-bond acceptors (Lipinski definition) is 4. The smallest absolute Gasteiger partial charge is 0.0746 e. The molecule has 1 aromatic heterocycles. The molecule has 3 rings (SSSR count). The average Bonchev–Trinajstić information content (AvgIpc) is 3.08. The van der Waals surface area contributed by atoms with E-state index in [1.807, 2.05) is 17.9 Å². The van der Waals surface area contributed by atoms with Crippen LogP contribution in [-0.2, 0) is 22.9 Å². The highest BCUT2D eigenvalue weighted by atomic mass is 16.5. The topological polar surface area (TPSA) is 39.5 Å². The van der Waals surface area contributed by atoms with Crippen molar-refractivity contribution in [2.24, 2.45) is 13.0 Å². The average molecular weight is 293 g/mol. The van der Waals surface area contributed by atoms with E-state index in [1.54, 1.807) is 7.11 Å². The second kappa shape index (κ2) is 6.90. The van der Waals surface area contributed by atoms with Crippen LogP contribution in [0.1, 0.15) is 24.8 Å². The standard InChI is InChI=1S/C16H27N3O2/c1-18-11-14(10-17-18)9-15-16(21-8-7-20-2)5-6-19(15)12-13-3-4-13/h10-11,13,15-16H,3-9,12H2,1-2H3/t15-,16-/m1/s1. The van der Waals surface area contributed by atoms with E-state index in [0.717, 1.165) is 18.8 Å². The van der Waals surface area contributed by atoms with Gasteiger partial charge in [0.1, 0.15) is 0 Å². The molecule has 0 bridgehead atoms. The fourth-order valence-electron chi connectivity index (χ4n) is 3.30. The minimum atomic E-state index is 0.333. The molecule has 1 saturated heterocycles. The summed E-state index contributed by atoms with van der Waals surface area (Å²) in [6.07, 6.45) is 9.44. The van der Waals surface area contributed by atoms with Gasteiger partial charge in [0.05, 0.1) is 25.5 Å². The van der Waals surface area contributed by atoms with Crippen molar-refractivity contribution in [3.05, 3.63) is 18.0 Å². The number of methoxy groups -OCH3 is 1. The van der Waals surface area contributed by atoms with E-state index < -0.39 is 0 Å². The molecule has 0 amide bonds. The van der Waals surface area contributed by atoms with Gasteiger partial charge < -0.3 is 9.47 Å². The van der Waals surface area contributed by atoms with Gasteiger partial charge in [0.15, 0.2) is 0 Å². The molecule has 2 heterocycles. The largest absolute Gasteiger partial charge is 0.382 e. The third kappa shape index (κ3) is 4.05. The first-order valence-corrected chi connectivity index (χ1v) is 8.08. The second-order valence-corrected chi connectivity index (χ2v) is 6.42. The molecule has 1 aliphatic carbocycles. The lowest BCUT2D eigenvalue weighted by Gasteiger charge is -2.28. The summed E-state index contributed by atoms with van der Waals surface area (Å²) in [5.41, 5.74) is 1.31. The van der Waals surface area contributed by atoms with Gasteiger partial charge >= 0.3 is 0 Å². The number of nitrogens with zero attached hydrogens (tertiary/aromatic N) is 3. The van der Waals surface area contributed by atoms with Gasteiger partial charge in [0, 0.05) is 39.5 Å². The molecule has 2 atom stereocenters. The number of hydrogen-bond donors (Lipinski definition) is 0. The maximum atomic E-state index is 6.07. The van der Waals surface area contributed by atoms with Gasteiger partial charge in [-0.05, 0) is 37.2 Å². The van der Waals surface area contributed by atoms with E-state index >= 15 is 0 Å². The van der Waals surface area contributed by atoms with E-state index in [1.165, 1.54) is 31.5 Å². The number of aryl methyl sites for hydroxylation is 1. The summed E-state index contributed by atoms with van der Waals surface area (Å²) in [4.78, 5) is 2.64. The Bertz CT molecular complexity index is 444. The van der Waals surface area contributed by atoms with E-state index in [2.05, 4.69) is 16.2 Å². The zero-order valence-corrected chi connectivity index (χ0v) is 13.2. The molecular weight excluding hydrogens is 266 g/mol. The molecule has 0 unspecified atom stereocenters. The van der Waals surface area contributed by atoms with Crippen LogP contribution < -0.4 is 0 Å². The minimum absolute atomic E-state index is 0.333. The van der Waals surface area contributed by atoms with Crippen LogP contribution in [0.15, 0.2) is 12.4 Å². The molecule has 0 spiro atoms. The van der Waals surface area contributed by atoms with Crippen molar-refractivity contribution in [2.75, 3.05) is 33.4 Å². The normalized spacial score (nSPS) is 26.6. The molecule has 0 aromatic carbocycles. The highest BCUT2D eigenvalue weighted by Crippen LogP contribution is 2.33. The van der Waals surface area contributed by atoms with Crippen LogP contribution in [0.2, 0.25) is 0 Å². The van der Waals surface area contributed by atoms with Crippen LogP contribution in [0, 0.1) is 5.92 Å². The summed E-state index contributed by atoms with van der Waals surface area (Å²) in [6.45, 7) is 3.79. The predicted molar refractivity (Wildman–Crippen MR) is 81.2 cm³/mol. The number of aromatic nitrogens is 2. The van der Waals surface area contributed by atoms with Crippen LogP contribution in [0.3, 0.4) is 0 Å². The molecule has 2 fully saturated rings. The van der Waals surface area contributed by atoms with Gasteiger partial charge in [-0.1, -0.05) is 0 Å². The first kappa shape index (κ1) is 15.0. The van der Waals surface area contributed by atoms with Gasteiger partial charge in [-0.2, -0.15) is 5.10 Å². The Balaban J connectivity index is 1.61. The van der Waals surface area contributed by atoms with Crippen LogP contribution >= 0.6 is 0 Å². The molecule has 1 aliphatic heterocycles. The van der Waals surface area contributed by atoms with Crippen molar-refractivity contribution in [3.8, 4) is 0 Å².